The first-order valence-electron chi connectivity index (χ1n) is 7.18. The zero-order valence-corrected chi connectivity index (χ0v) is 12.9. The molecule has 0 unspecified atom stereocenters. The van der Waals surface area contributed by atoms with E-state index in [1.54, 1.807) is 13.2 Å². The van der Waals surface area contributed by atoms with Gasteiger partial charge in [0.1, 0.15) is 12.1 Å². The Hall–Kier alpha value is -3.35. The van der Waals surface area contributed by atoms with Gasteiger partial charge in [0, 0.05) is 12.5 Å². The van der Waals surface area contributed by atoms with Crippen molar-refractivity contribution < 1.29 is 19.1 Å². The Morgan fingerprint density at radius 2 is 2.25 bits per heavy atom. The molecule has 0 atom stereocenters. The molecule has 7 heteroatoms. The average Bonchev–Trinajstić information content (AvgIpc) is 3.27. The number of methoxy groups -OCH3 is 1. The van der Waals surface area contributed by atoms with Crippen LogP contribution < -0.4 is 4.74 Å². The molecule has 0 saturated carbocycles. The van der Waals surface area contributed by atoms with Gasteiger partial charge in [0.2, 0.25) is 11.6 Å². The van der Waals surface area contributed by atoms with Gasteiger partial charge in [-0.05, 0) is 23.3 Å². The standard InChI is InChI=1S/C17H15N3O4/c1-23-15-5-3-2-4-12(15)6-11-7-16(24-9-11)13(21)8-14(22)17-18-10-19-20-17/h2-5,7-10,22H,6H2,1H3,(H,18,19,20). The zero-order chi connectivity index (χ0) is 16.9. The lowest BCUT2D eigenvalue weighted by atomic mass is 10.1. The molecule has 0 fully saturated rings. The molecule has 2 N–H and O–H groups in total. The van der Waals surface area contributed by atoms with E-state index in [9.17, 15) is 9.90 Å². The smallest absolute Gasteiger partial charge is 0.224 e. The predicted octanol–water partition coefficient (Wildman–Crippen LogP) is 2.78. The normalized spacial score (nSPS) is 11.5. The summed E-state index contributed by atoms with van der Waals surface area (Å²) in [5.41, 5.74) is 1.81. The number of hydrogen-bond acceptors (Lipinski definition) is 6. The summed E-state index contributed by atoms with van der Waals surface area (Å²) >= 11 is 0. The molecular formula is C17H15N3O4. The van der Waals surface area contributed by atoms with Crippen molar-refractivity contribution in [2.24, 2.45) is 0 Å². The van der Waals surface area contributed by atoms with E-state index in [-0.39, 0.29) is 17.3 Å². The number of carbonyl (C=O) groups excluding carboxylic acids is 1. The highest BCUT2D eigenvalue weighted by Gasteiger charge is 2.13. The molecule has 1 aromatic carbocycles. The molecule has 3 aromatic rings. The number of aliphatic hydroxyl groups is 1. The Labute approximate surface area is 137 Å². The van der Waals surface area contributed by atoms with Crippen LogP contribution >= 0.6 is 0 Å². The van der Waals surface area contributed by atoms with E-state index in [4.69, 9.17) is 9.15 Å². The van der Waals surface area contributed by atoms with Gasteiger partial charge in [-0.3, -0.25) is 9.89 Å². The van der Waals surface area contributed by atoms with E-state index in [2.05, 4.69) is 15.2 Å². The molecular weight excluding hydrogens is 310 g/mol. The van der Waals surface area contributed by atoms with Crippen molar-refractivity contribution in [3.05, 3.63) is 71.7 Å². The molecule has 0 bridgehead atoms. The van der Waals surface area contributed by atoms with Crippen LogP contribution in [0.2, 0.25) is 0 Å². The van der Waals surface area contributed by atoms with Crippen molar-refractivity contribution in [2.75, 3.05) is 7.11 Å². The number of allylic oxidation sites excluding steroid dienone is 1. The topological polar surface area (TPSA) is 101 Å². The second-order valence-electron chi connectivity index (χ2n) is 5.02. The van der Waals surface area contributed by atoms with E-state index in [0.29, 0.717) is 6.42 Å². The van der Waals surface area contributed by atoms with Gasteiger partial charge in [-0.25, -0.2) is 4.98 Å². The summed E-state index contributed by atoms with van der Waals surface area (Å²) < 4.78 is 10.6. The van der Waals surface area contributed by atoms with Crippen LogP contribution in [0.4, 0.5) is 0 Å². The lowest BCUT2D eigenvalue weighted by Crippen LogP contribution is -1.96. The summed E-state index contributed by atoms with van der Waals surface area (Å²) in [6.45, 7) is 0. The third-order valence-corrected chi connectivity index (χ3v) is 3.40. The van der Waals surface area contributed by atoms with Gasteiger partial charge in [0.15, 0.2) is 11.5 Å². The molecule has 24 heavy (non-hydrogen) atoms. The summed E-state index contributed by atoms with van der Waals surface area (Å²) in [5, 5.41) is 15.9. The van der Waals surface area contributed by atoms with E-state index < -0.39 is 5.78 Å². The van der Waals surface area contributed by atoms with Gasteiger partial charge in [-0.1, -0.05) is 18.2 Å². The average molecular weight is 325 g/mol. The van der Waals surface area contributed by atoms with Crippen LogP contribution in [0.5, 0.6) is 5.75 Å². The maximum atomic E-state index is 12.1. The first-order valence-corrected chi connectivity index (χ1v) is 7.18. The molecule has 2 aromatic heterocycles. The van der Waals surface area contributed by atoms with Gasteiger partial charge >= 0.3 is 0 Å². The number of H-pyrrole nitrogens is 1. The van der Waals surface area contributed by atoms with Gasteiger partial charge in [0.25, 0.3) is 0 Å². The maximum Gasteiger partial charge on any atom is 0.224 e. The van der Waals surface area contributed by atoms with Crippen LogP contribution in [-0.4, -0.2) is 33.2 Å². The monoisotopic (exact) mass is 325 g/mol. The number of hydrogen-bond donors (Lipinski definition) is 2. The molecule has 2 heterocycles. The molecule has 3 rings (SSSR count). The van der Waals surface area contributed by atoms with Crippen LogP contribution in [0.25, 0.3) is 5.76 Å². The second-order valence-corrected chi connectivity index (χ2v) is 5.02. The summed E-state index contributed by atoms with van der Waals surface area (Å²) in [6.07, 6.45) is 4.41. The summed E-state index contributed by atoms with van der Waals surface area (Å²) in [4.78, 5) is 15.9. The zero-order valence-electron chi connectivity index (χ0n) is 12.9. The van der Waals surface area contributed by atoms with Crippen molar-refractivity contribution in [1.29, 1.82) is 0 Å². The van der Waals surface area contributed by atoms with Gasteiger partial charge < -0.3 is 14.3 Å². The Balaban J connectivity index is 1.76. The molecule has 0 aliphatic carbocycles. The van der Waals surface area contributed by atoms with Crippen molar-refractivity contribution in [2.45, 2.75) is 6.42 Å². The number of furan rings is 1. The predicted molar refractivity (Wildman–Crippen MR) is 85.8 cm³/mol. The fourth-order valence-electron chi connectivity index (χ4n) is 2.26. The fraction of sp³-hybridized carbons (Fsp3) is 0.118. The van der Waals surface area contributed by atoms with Crippen LogP contribution in [0.3, 0.4) is 0 Å². The minimum Gasteiger partial charge on any atom is -0.504 e. The van der Waals surface area contributed by atoms with Crippen LogP contribution in [0, 0.1) is 0 Å². The van der Waals surface area contributed by atoms with Gasteiger partial charge in [-0.2, -0.15) is 5.10 Å². The number of aromatic amines is 1. The van der Waals surface area contributed by atoms with Crippen molar-refractivity contribution in [3.63, 3.8) is 0 Å². The minimum atomic E-state index is -0.469. The number of nitrogens with one attached hydrogen (secondary N) is 1. The first-order chi connectivity index (χ1) is 11.7. The van der Waals surface area contributed by atoms with E-state index in [0.717, 1.165) is 23.0 Å². The Morgan fingerprint density at radius 3 is 3.00 bits per heavy atom. The van der Waals surface area contributed by atoms with E-state index in [1.807, 2.05) is 24.3 Å². The Bertz CT molecular complexity index is 866. The van der Waals surface area contributed by atoms with Crippen molar-refractivity contribution in [3.8, 4) is 5.75 Å². The van der Waals surface area contributed by atoms with E-state index >= 15 is 0 Å². The highest BCUT2D eigenvalue weighted by molar-refractivity contribution is 6.05. The number of carbonyl (C=O) groups is 1. The highest BCUT2D eigenvalue weighted by Crippen LogP contribution is 2.22. The van der Waals surface area contributed by atoms with Gasteiger partial charge in [0.05, 0.1) is 13.4 Å². The second kappa shape index (κ2) is 6.82. The Kier molecular flexibility index (Phi) is 4.42. The number of benzene rings is 1. The maximum absolute atomic E-state index is 12.1. The summed E-state index contributed by atoms with van der Waals surface area (Å²) in [7, 11) is 1.61. The summed E-state index contributed by atoms with van der Waals surface area (Å²) in [6, 6.07) is 9.27. The molecule has 7 nitrogen and oxygen atoms in total. The fourth-order valence-corrected chi connectivity index (χ4v) is 2.26. The minimum absolute atomic E-state index is 0.0455. The van der Waals surface area contributed by atoms with Crippen LogP contribution in [0.1, 0.15) is 27.5 Å². The van der Waals surface area contributed by atoms with Crippen LogP contribution in [0.15, 0.2) is 53.4 Å². The first kappa shape index (κ1) is 15.5. The Morgan fingerprint density at radius 1 is 1.42 bits per heavy atom. The summed E-state index contributed by atoms with van der Waals surface area (Å²) in [5.74, 6) is 0.146. The molecule has 0 spiro atoms. The number of rotatable bonds is 6. The van der Waals surface area contributed by atoms with E-state index in [1.165, 1.54) is 12.6 Å². The van der Waals surface area contributed by atoms with Gasteiger partial charge in [-0.15, -0.1) is 0 Å². The number of aromatic nitrogens is 3. The molecule has 0 aliphatic rings. The van der Waals surface area contributed by atoms with Crippen molar-refractivity contribution >= 4 is 11.5 Å². The number of para-hydroxylation sites is 1. The lowest BCUT2D eigenvalue weighted by molar-refractivity contribution is 0.102. The third kappa shape index (κ3) is 3.35. The molecule has 122 valence electrons. The molecule has 0 aliphatic heterocycles. The molecule has 0 amide bonds. The number of ether oxygens (including phenoxy) is 1. The largest absolute Gasteiger partial charge is 0.504 e. The lowest BCUT2D eigenvalue weighted by Gasteiger charge is -2.06. The van der Waals surface area contributed by atoms with Crippen LogP contribution in [-0.2, 0) is 6.42 Å². The molecule has 0 saturated heterocycles. The third-order valence-electron chi connectivity index (χ3n) is 3.40. The highest BCUT2D eigenvalue weighted by atomic mass is 16.5. The quantitative estimate of drug-likeness (QED) is 0.410. The SMILES string of the molecule is COc1ccccc1Cc1coc(C(=O)C=C(O)c2nc[nH]n2)c1. The molecule has 0 radical (unpaired) electrons. The number of ketones is 1. The number of aliphatic hydroxyl groups excluding tert-OH is 1. The van der Waals surface area contributed by atoms with Crippen molar-refractivity contribution in [1.82, 2.24) is 15.2 Å². The number of nitrogens with zero attached hydrogens (tertiary/aromatic N) is 2.